The monoisotopic (exact) mass is 282 g/mol. The van der Waals surface area contributed by atoms with E-state index in [2.05, 4.69) is 0 Å². The molecule has 3 rings (SSSR count). The third-order valence-electron chi connectivity index (χ3n) is 3.91. The minimum Gasteiger partial charge on any atom is -0.497 e. The van der Waals surface area contributed by atoms with Gasteiger partial charge in [0.25, 0.3) is 0 Å². The summed E-state index contributed by atoms with van der Waals surface area (Å²) in [5.74, 6) is 0.750. The standard InChI is InChI=1S/C17H18N2O2/c1-11-3-7-13(8-4-11)19-16(15(18)17(19)20)12-5-9-14(21-2)10-6-12/h3-10,15-16H,18H2,1-2H3. The molecule has 0 spiro atoms. The number of carbonyl (C=O) groups excluding carboxylic acids is 1. The van der Waals surface area contributed by atoms with Gasteiger partial charge in [-0.25, -0.2) is 0 Å². The fourth-order valence-electron chi connectivity index (χ4n) is 2.66. The van der Waals surface area contributed by atoms with E-state index in [1.54, 1.807) is 12.0 Å². The number of β-lactam (4-membered cyclic amide) rings is 1. The summed E-state index contributed by atoms with van der Waals surface area (Å²) in [7, 11) is 1.63. The Hall–Kier alpha value is -2.33. The van der Waals surface area contributed by atoms with Crippen LogP contribution in [0.5, 0.6) is 5.75 Å². The number of ether oxygens (including phenoxy) is 1. The number of nitrogens with two attached hydrogens (primary N) is 1. The van der Waals surface area contributed by atoms with Crippen LogP contribution in [0.1, 0.15) is 17.2 Å². The van der Waals surface area contributed by atoms with Crippen LogP contribution in [0.15, 0.2) is 48.5 Å². The van der Waals surface area contributed by atoms with Gasteiger partial charge in [-0.15, -0.1) is 0 Å². The van der Waals surface area contributed by atoms with Crippen molar-refractivity contribution >= 4 is 11.6 Å². The van der Waals surface area contributed by atoms with Crippen LogP contribution in [-0.4, -0.2) is 19.1 Å². The lowest BCUT2D eigenvalue weighted by atomic mass is 9.88. The van der Waals surface area contributed by atoms with Crippen LogP contribution < -0.4 is 15.4 Å². The number of aryl methyl sites for hydroxylation is 1. The maximum Gasteiger partial charge on any atom is 0.247 e. The number of carbonyl (C=O) groups is 1. The number of anilines is 1. The molecule has 2 aromatic carbocycles. The predicted molar refractivity (Wildman–Crippen MR) is 82.4 cm³/mol. The molecule has 4 heteroatoms. The number of benzene rings is 2. The molecule has 1 amide bonds. The maximum absolute atomic E-state index is 12.1. The van der Waals surface area contributed by atoms with E-state index in [1.165, 1.54) is 0 Å². The van der Waals surface area contributed by atoms with E-state index in [-0.39, 0.29) is 11.9 Å². The predicted octanol–water partition coefficient (Wildman–Crippen LogP) is 2.42. The highest BCUT2D eigenvalue weighted by Gasteiger charge is 2.46. The molecule has 2 aromatic rings. The summed E-state index contributed by atoms with van der Waals surface area (Å²) in [5.41, 5.74) is 9.07. The van der Waals surface area contributed by atoms with Crippen LogP contribution in [-0.2, 0) is 4.79 Å². The van der Waals surface area contributed by atoms with E-state index in [0.29, 0.717) is 0 Å². The highest BCUT2D eigenvalue weighted by atomic mass is 16.5. The Morgan fingerprint density at radius 1 is 1.05 bits per heavy atom. The fourth-order valence-corrected chi connectivity index (χ4v) is 2.66. The second-order valence-corrected chi connectivity index (χ2v) is 5.29. The van der Waals surface area contributed by atoms with Gasteiger partial charge in [-0.3, -0.25) is 4.79 Å². The Bertz CT molecular complexity index is 649. The van der Waals surface area contributed by atoms with Crippen molar-refractivity contribution < 1.29 is 9.53 Å². The van der Waals surface area contributed by atoms with Gasteiger partial charge in [0.05, 0.1) is 13.2 Å². The van der Waals surface area contributed by atoms with Crippen molar-refractivity contribution in [1.82, 2.24) is 0 Å². The zero-order valence-electron chi connectivity index (χ0n) is 12.1. The van der Waals surface area contributed by atoms with Gasteiger partial charge < -0.3 is 15.4 Å². The second-order valence-electron chi connectivity index (χ2n) is 5.29. The van der Waals surface area contributed by atoms with E-state index in [4.69, 9.17) is 10.5 Å². The molecule has 0 aromatic heterocycles. The minimum absolute atomic E-state index is 0.0420. The van der Waals surface area contributed by atoms with Gasteiger partial charge in [-0.2, -0.15) is 0 Å². The van der Waals surface area contributed by atoms with Crippen LogP contribution in [0.3, 0.4) is 0 Å². The molecule has 2 unspecified atom stereocenters. The van der Waals surface area contributed by atoms with Crippen molar-refractivity contribution in [3.63, 3.8) is 0 Å². The maximum atomic E-state index is 12.1. The van der Waals surface area contributed by atoms with Crippen LogP contribution in [0.25, 0.3) is 0 Å². The molecule has 0 radical (unpaired) electrons. The quantitative estimate of drug-likeness (QED) is 0.880. The molecule has 21 heavy (non-hydrogen) atoms. The highest BCUT2D eigenvalue weighted by molar-refractivity contribution is 6.05. The van der Waals surface area contributed by atoms with Crippen LogP contribution >= 0.6 is 0 Å². The van der Waals surface area contributed by atoms with Gasteiger partial charge in [0.15, 0.2) is 0 Å². The summed E-state index contributed by atoms with van der Waals surface area (Å²) in [5, 5.41) is 0. The second kappa shape index (κ2) is 5.22. The molecule has 2 atom stereocenters. The van der Waals surface area contributed by atoms with E-state index in [1.807, 2.05) is 55.5 Å². The van der Waals surface area contributed by atoms with Crippen LogP contribution in [0, 0.1) is 6.92 Å². The summed E-state index contributed by atoms with van der Waals surface area (Å²) >= 11 is 0. The number of methoxy groups -OCH3 is 1. The number of amides is 1. The van der Waals surface area contributed by atoms with Gasteiger partial charge >= 0.3 is 0 Å². The van der Waals surface area contributed by atoms with Crippen molar-refractivity contribution in [3.8, 4) is 5.75 Å². The Morgan fingerprint density at radius 3 is 2.24 bits per heavy atom. The van der Waals surface area contributed by atoms with Gasteiger partial charge in [0, 0.05) is 5.69 Å². The fraction of sp³-hybridized carbons (Fsp3) is 0.235. The zero-order valence-corrected chi connectivity index (χ0v) is 12.1. The summed E-state index contributed by atoms with van der Waals surface area (Å²) in [6.45, 7) is 2.02. The topological polar surface area (TPSA) is 55.6 Å². The number of hydrogen-bond acceptors (Lipinski definition) is 3. The number of nitrogens with zero attached hydrogens (tertiary/aromatic N) is 1. The zero-order chi connectivity index (χ0) is 15.0. The Balaban J connectivity index is 1.92. The molecule has 1 aliphatic rings. The minimum atomic E-state index is -0.486. The lowest BCUT2D eigenvalue weighted by Gasteiger charge is -2.45. The molecule has 1 aliphatic heterocycles. The lowest BCUT2D eigenvalue weighted by Crippen LogP contribution is -2.63. The van der Waals surface area contributed by atoms with E-state index < -0.39 is 6.04 Å². The van der Waals surface area contributed by atoms with E-state index >= 15 is 0 Å². The smallest absolute Gasteiger partial charge is 0.247 e. The molecule has 2 N–H and O–H groups in total. The first-order valence-corrected chi connectivity index (χ1v) is 6.91. The normalized spacial score (nSPS) is 21.1. The third kappa shape index (κ3) is 2.28. The lowest BCUT2D eigenvalue weighted by molar-refractivity contribution is -0.126. The highest BCUT2D eigenvalue weighted by Crippen LogP contribution is 2.38. The first-order chi connectivity index (χ1) is 10.1. The van der Waals surface area contributed by atoms with E-state index in [0.717, 1.165) is 22.6 Å². The summed E-state index contributed by atoms with van der Waals surface area (Å²) < 4.78 is 5.16. The van der Waals surface area contributed by atoms with Crippen molar-refractivity contribution in [2.75, 3.05) is 12.0 Å². The Morgan fingerprint density at radius 2 is 1.67 bits per heavy atom. The SMILES string of the molecule is COc1ccc(C2C(N)C(=O)N2c2ccc(C)cc2)cc1. The van der Waals surface area contributed by atoms with Gasteiger partial charge in [0.2, 0.25) is 5.91 Å². The van der Waals surface area contributed by atoms with Gasteiger partial charge in [0.1, 0.15) is 11.8 Å². The number of rotatable bonds is 3. The van der Waals surface area contributed by atoms with Crippen molar-refractivity contribution in [2.45, 2.75) is 19.0 Å². The van der Waals surface area contributed by atoms with Crippen LogP contribution in [0.4, 0.5) is 5.69 Å². The third-order valence-corrected chi connectivity index (χ3v) is 3.91. The Labute approximate surface area is 124 Å². The van der Waals surface area contributed by atoms with E-state index in [9.17, 15) is 4.79 Å². The molecule has 0 saturated carbocycles. The average Bonchev–Trinajstić information content (AvgIpc) is 2.53. The van der Waals surface area contributed by atoms with Crippen molar-refractivity contribution in [3.05, 3.63) is 59.7 Å². The molecule has 0 aliphatic carbocycles. The molecule has 1 heterocycles. The van der Waals surface area contributed by atoms with Gasteiger partial charge in [-0.05, 0) is 36.8 Å². The van der Waals surface area contributed by atoms with Gasteiger partial charge in [-0.1, -0.05) is 29.8 Å². The Kier molecular flexibility index (Phi) is 3.39. The molecule has 1 fully saturated rings. The molecule has 1 saturated heterocycles. The largest absolute Gasteiger partial charge is 0.497 e. The molecular formula is C17H18N2O2. The first-order valence-electron chi connectivity index (χ1n) is 6.91. The first kappa shape index (κ1) is 13.6. The van der Waals surface area contributed by atoms with Crippen LogP contribution in [0.2, 0.25) is 0 Å². The molecular weight excluding hydrogens is 264 g/mol. The summed E-state index contributed by atoms with van der Waals surface area (Å²) in [4.78, 5) is 13.9. The number of hydrogen-bond donors (Lipinski definition) is 1. The molecule has 4 nitrogen and oxygen atoms in total. The van der Waals surface area contributed by atoms with Crippen molar-refractivity contribution in [1.29, 1.82) is 0 Å². The summed E-state index contributed by atoms with van der Waals surface area (Å²) in [6, 6.07) is 15.0. The molecule has 0 bridgehead atoms. The molecule has 108 valence electrons. The average molecular weight is 282 g/mol. The summed E-state index contributed by atoms with van der Waals surface area (Å²) in [6.07, 6.45) is 0. The van der Waals surface area contributed by atoms with Crippen molar-refractivity contribution in [2.24, 2.45) is 5.73 Å².